The molecule has 0 saturated carbocycles. The van der Waals surface area contributed by atoms with Crippen molar-refractivity contribution in [3.05, 3.63) is 83.7 Å². The minimum Gasteiger partial charge on any atom is -0.496 e. The largest absolute Gasteiger partial charge is 0.496 e. The molecule has 0 bridgehead atoms. The lowest BCUT2D eigenvalue weighted by molar-refractivity contribution is -0.142. The number of nitrogens with one attached hydrogen (secondary N) is 2. The van der Waals surface area contributed by atoms with Crippen LogP contribution < -0.4 is 20.1 Å². The highest BCUT2D eigenvalue weighted by atomic mass is 16.6. The van der Waals surface area contributed by atoms with Crippen molar-refractivity contribution >= 4 is 17.5 Å². The number of anilines is 1. The van der Waals surface area contributed by atoms with Crippen LogP contribution in [0.2, 0.25) is 0 Å². The van der Waals surface area contributed by atoms with Crippen molar-refractivity contribution in [3.8, 4) is 11.5 Å². The smallest absolute Gasteiger partial charge is 0.228 e. The maximum Gasteiger partial charge on any atom is 0.228 e. The van der Waals surface area contributed by atoms with Gasteiger partial charge in [-0.15, -0.1) is 0 Å². The zero-order valence-corrected chi connectivity index (χ0v) is 21.1. The number of carbonyl (C=O) groups excluding carboxylic acids is 2. The SMILES string of the molecule is COc1ccccc1CNC(=O)C[C@H]1C[C@H]2c3cc(NC(=O)Cc4ccncc4)ccc3O[C@H]2[C@@H](CO)O1. The van der Waals surface area contributed by atoms with Crippen LogP contribution >= 0.6 is 0 Å². The number of benzene rings is 2. The van der Waals surface area contributed by atoms with Gasteiger partial charge in [-0.3, -0.25) is 14.6 Å². The molecule has 9 heteroatoms. The normalized spacial score (nSPS) is 21.5. The van der Waals surface area contributed by atoms with Gasteiger partial charge in [0.15, 0.2) is 0 Å². The van der Waals surface area contributed by atoms with Crippen LogP contribution in [0, 0.1) is 0 Å². The number of rotatable bonds is 9. The van der Waals surface area contributed by atoms with Gasteiger partial charge in [0.2, 0.25) is 11.8 Å². The Bertz CT molecular complexity index is 1280. The molecule has 0 aliphatic carbocycles. The van der Waals surface area contributed by atoms with Crippen LogP contribution in [0.4, 0.5) is 5.69 Å². The van der Waals surface area contributed by atoms with E-state index in [0.29, 0.717) is 30.2 Å². The molecule has 3 aromatic rings. The third-order valence-electron chi connectivity index (χ3n) is 6.98. The molecule has 9 nitrogen and oxygen atoms in total. The summed E-state index contributed by atoms with van der Waals surface area (Å²) in [6, 6.07) is 16.7. The van der Waals surface area contributed by atoms with Crippen LogP contribution in [0.25, 0.3) is 0 Å². The second-order valence-electron chi connectivity index (χ2n) is 9.53. The summed E-state index contributed by atoms with van der Waals surface area (Å²) < 4.78 is 17.6. The Hall–Kier alpha value is -3.95. The molecule has 3 N–H and O–H groups in total. The molecule has 2 aliphatic rings. The topological polar surface area (TPSA) is 119 Å². The van der Waals surface area contributed by atoms with Crippen LogP contribution in [0.1, 0.15) is 35.4 Å². The van der Waals surface area contributed by atoms with Gasteiger partial charge in [0, 0.05) is 41.7 Å². The van der Waals surface area contributed by atoms with Crippen molar-refractivity contribution in [3.63, 3.8) is 0 Å². The Morgan fingerprint density at radius 1 is 1.11 bits per heavy atom. The minimum absolute atomic E-state index is 0.0695. The number of pyridine rings is 1. The van der Waals surface area contributed by atoms with Crippen LogP contribution in [-0.4, -0.2) is 53.9 Å². The number of aliphatic hydroxyl groups is 1. The lowest BCUT2D eigenvalue weighted by Gasteiger charge is -2.37. The molecule has 1 fully saturated rings. The zero-order chi connectivity index (χ0) is 26.5. The molecule has 0 radical (unpaired) electrons. The number of ether oxygens (including phenoxy) is 3. The predicted molar refractivity (Wildman–Crippen MR) is 140 cm³/mol. The number of nitrogens with zero attached hydrogens (tertiary/aromatic N) is 1. The maximum atomic E-state index is 12.8. The average molecular weight is 518 g/mol. The van der Waals surface area contributed by atoms with Gasteiger partial charge in [-0.2, -0.15) is 0 Å². The first kappa shape index (κ1) is 25.7. The van der Waals surface area contributed by atoms with E-state index in [9.17, 15) is 14.7 Å². The Labute approximate surface area is 221 Å². The van der Waals surface area contributed by atoms with Crippen molar-refractivity contribution in [2.45, 2.75) is 50.0 Å². The second kappa shape index (κ2) is 11.6. The van der Waals surface area contributed by atoms with Crippen molar-refractivity contribution in [1.29, 1.82) is 0 Å². The van der Waals surface area contributed by atoms with Gasteiger partial charge >= 0.3 is 0 Å². The minimum atomic E-state index is -0.558. The molecule has 198 valence electrons. The predicted octanol–water partition coefficient (Wildman–Crippen LogP) is 2.97. The van der Waals surface area contributed by atoms with Gasteiger partial charge < -0.3 is 30.0 Å². The summed E-state index contributed by atoms with van der Waals surface area (Å²) in [5.74, 6) is 1.08. The lowest BCUT2D eigenvalue weighted by Crippen LogP contribution is -2.47. The Kier molecular flexibility index (Phi) is 7.86. The van der Waals surface area contributed by atoms with E-state index in [0.717, 1.165) is 16.7 Å². The third kappa shape index (κ3) is 5.79. The first-order valence-electron chi connectivity index (χ1n) is 12.7. The van der Waals surface area contributed by atoms with Crippen molar-refractivity contribution in [2.75, 3.05) is 19.0 Å². The van der Waals surface area contributed by atoms with E-state index < -0.39 is 6.10 Å². The highest BCUT2D eigenvalue weighted by Gasteiger charge is 2.46. The van der Waals surface area contributed by atoms with Crippen LogP contribution in [0.5, 0.6) is 11.5 Å². The number of hydrogen-bond acceptors (Lipinski definition) is 7. The molecule has 0 unspecified atom stereocenters. The molecule has 4 atom stereocenters. The van der Waals surface area contributed by atoms with Crippen LogP contribution in [0.3, 0.4) is 0 Å². The van der Waals surface area contributed by atoms with Gasteiger partial charge in [-0.1, -0.05) is 18.2 Å². The van der Waals surface area contributed by atoms with Crippen LogP contribution in [-0.2, 0) is 27.3 Å². The number of carbonyl (C=O) groups is 2. The molecule has 0 spiro atoms. The summed E-state index contributed by atoms with van der Waals surface area (Å²) in [4.78, 5) is 29.3. The third-order valence-corrected chi connectivity index (χ3v) is 6.98. The Morgan fingerprint density at radius 3 is 2.71 bits per heavy atom. The summed E-state index contributed by atoms with van der Waals surface area (Å²) in [7, 11) is 1.60. The van der Waals surface area contributed by atoms with Gasteiger partial charge in [0.1, 0.15) is 23.7 Å². The summed E-state index contributed by atoms with van der Waals surface area (Å²) in [6.07, 6.45) is 2.99. The van der Waals surface area contributed by atoms with Gasteiger partial charge in [0.25, 0.3) is 0 Å². The van der Waals surface area contributed by atoms with Crippen molar-refractivity contribution in [1.82, 2.24) is 10.3 Å². The molecule has 38 heavy (non-hydrogen) atoms. The van der Waals surface area contributed by atoms with Gasteiger partial charge in [-0.05, 0) is 48.4 Å². The molecular formula is C29H31N3O6. The molecular weight excluding hydrogens is 486 g/mol. The number of hydrogen-bond donors (Lipinski definition) is 3. The van der Waals surface area contributed by atoms with E-state index in [1.165, 1.54) is 0 Å². The van der Waals surface area contributed by atoms with Crippen LogP contribution in [0.15, 0.2) is 67.0 Å². The van der Waals surface area contributed by atoms with Gasteiger partial charge in [0.05, 0.1) is 32.7 Å². The standard InChI is InChI=1S/C29H31N3O6/c1-36-24-5-3-2-4-19(24)16-31-27(34)15-21-14-23-22-13-20(32-28(35)12-18-8-10-30-11-9-18)6-7-25(22)38-29(23)26(17-33)37-21/h2-11,13,21,23,26,29,33H,12,14-17H2,1H3,(H,31,34)(H,32,35)/t21-,23+,26-,29-/m1/s1. The number of aliphatic hydroxyl groups excluding tert-OH is 1. The van der Waals surface area contributed by atoms with E-state index in [4.69, 9.17) is 14.2 Å². The highest BCUT2D eigenvalue weighted by molar-refractivity contribution is 5.92. The highest BCUT2D eigenvalue weighted by Crippen LogP contribution is 2.47. The number of aromatic nitrogens is 1. The Morgan fingerprint density at radius 2 is 1.92 bits per heavy atom. The average Bonchev–Trinajstić information content (AvgIpc) is 3.30. The van der Waals surface area contributed by atoms with E-state index in [1.54, 1.807) is 25.6 Å². The summed E-state index contributed by atoms with van der Waals surface area (Å²) in [5, 5.41) is 15.9. The first-order valence-corrected chi connectivity index (χ1v) is 12.7. The monoisotopic (exact) mass is 517 g/mol. The number of amides is 2. The summed E-state index contributed by atoms with van der Waals surface area (Å²) in [5.41, 5.74) is 3.38. The summed E-state index contributed by atoms with van der Waals surface area (Å²) in [6.45, 7) is 0.129. The molecule has 1 aromatic heterocycles. The summed E-state index contributed by atoms with van der Waals surface area (Å²) >= 11 is 0. The molecule has 2 amide bonds. The first-order chi connectivity index (χ1) is 18.5. The molecule has 2 aromatic carbocycles. The van der Waals surface area contributed by atoms with Crippen molar-refractivity contribution in [2.24, 2.45) is 0 Å². The molecule has 5 rings (SSSR count). The molecule has 1 saturated heterocycles. The Balaban J connectivity index is 1.23. The quantitative estimate of drug-likeness (QED) is 0.399. The maximum absolute atomic E-state index is 12.8. The van der Waals surface area contributed by atoms with Crippen molar-refractivity contribution < 1.29 is 28.9 Å². The second-order valence-corrected chi connectivity index (χ2v) is 9.53. The fourth-order valence-electron chi connectivity index (χ4n) is 5.18. The molecule has 3 heterocycles. The van der Waals surface area contributed by atoms with E-state index in [1.807, 2.05) is 48.5 Å². The number of methoxy groups -OCH3 is 1. The lowest BCUT2D eigenvalue weighted by atomic mass is 9.84. The number of para-hydroxylation sites is 1. The van der Waals surface area contributed by atoms with Gasteiger partial charge in [-0.25, -0.2) is 0 Å². The zero-order valence-electron chi connectivity index (χ0n) is 21.1. The fourth-order valence-corrected chi connectivity index (χ4v) is 5.18. The number of fused-ring (bicyclic) bond motifs is 3. The fraction of sp³-hybridized carbons (Fsp3) is 0.345. The van der Waals surface area contributed by atoms with E-state index in [2.05, 4.69) is 15.6 Å². The van der Waals surface area contributed by atoms with E-state index >= 15 is 0 Å². The molecule has 2 aliphatic heterocycles. The van der Waals surface area contributed by atoms with E-state index in [-0.39, 0.29) is 49.4 Å².